The first kappa shape index (κ1) is 18.7. The number of hydrogen-bond donors (Lipinski definition) is 1. The maximum Gasteiger partial charge on any atom is 0.335 e. The normalized spacial score (nSPS) is 14.9. The van der Waals surface area contributed by atoms with Gasteiger partial charge in [0.25, 0.3) is 5.91 Å². The van der Waals surface area contributed by atoms with E-state index in [1.165, 1.54) is 12.1 Å². The highest BCUT2D eigenvalue weighted by molar-refractivity contribution is 6.33. The second kappa shape index (κ2) is 7.73. The number of aromatic carboxylic acids is 1. The van der Waals surface area contributed by atoms with E-state index in [4.69, 9.17) is 16.7 Å². The van der Waals surface area contributed by atoms with Crippen LogP contribution in [-0.2, 0) is 4.79 Å². The van der Waals surface area contributed by atoms with Crippen LogP contribution >= 0.6 is 11.6 Å². The number of nitrogens with zero attached hydrogens (tertiary/aromatic N) is 2. The summed E-state index contributed by atoms with van der Waals surface area (Å²) in [6.45, 7) is 0. The van der Waals surface area contributed by atoms with Gasteiger partial charge >= 0.3 is 5.97 Å². The quantitative estimate of drug-likeness (QED) is 0.633. The van der Waals surface area contributed by atoms with Gasteiger partial charge in [-0.3, -0.25) is 9.69 Å². The molecule has 1 aliphatic heterocycles. The molecule has 29 heavy (non-hydrogen) atoms. The minimum Gasteiger partial charge on any atom is -0.478 e. The second-order valence-electron chi connectivity index (χ2n) is 6.38. The van der Waals surface area contributed by atoms with Crippen molar-refractivity contribution in [3.8, 4) is 0 Å². The number of amides is 1. The fourth-order valence-electron chi connectivity index (χ4n) is 3.01. The van der Waals surface area contributed by atoms with Gasteiger partial charge in [-0.1, -0.05) is 54.1 Å². The van der Waals surface area contributed by atoms with Crippen molar-refractivity contribution in [1.29, 1.82) is 0 Å². The average Bonchev–Trinajstić information content (AvgIpc) is 3.06. The molecule has 4 rings (SSSR count). The summed E-state index contributed by atoms with van der Waals surface area (Å²) in [4.78, 5) is 30.3. The Bertz CT molecular complexity index is 1140. The van der Waals surface area contributed by atoms with Crippen LogP contribution in [0.25, 0.3) is 6.08 Å². The third kappa shape index (κ3) is 3.81. The van der Waals surface area contributed by atoms with Gasteiger partial charge in [0.05, 0.1) is 11.3 Å². The molecule has 3 aromatic carbocycles. The molecule has 0 aliphatic carbocycles. The summed E-state index contributed by atoms with van der Waals surface area (Å²) in [5.41, 5.74) is 2.60. The Hall–Kier alpha value is -3.70. The maximum atomic E-state index is 13.2. The summed E-state index contributed by atoms with van der Waals surface area (Å²) in [5.74, 6) is -0.751. The molecule has 1 amide bonds. The van der Waals surface area contributed by atoms with Gasteiger partial charge in [-0.2, -0.15) is 0 Å². The SMILES string of the molecule is O=C(O)c1ccc(/C=C2/N=C(c3ccccc3)N(c3ccc(Cl)cc3)C2=O)cc1. The number of aliphatic imine (C=N–C) groups is 1. The molecule has 1 aliphatic rings. The number of carbonyl (C=O) groups excluding carboxylic acids is 1. The van der Waals surface area contributed by atoms with Crippen molar-refractivity contribution < 1.29 is 14.7 Å². The Labute approximate surface area is 172 Å². The highest BCUT2D eigenvalue weighted by Gasteiger charge is 2.32. The summed E-state index contributed by atoms with van der Waals surface area (Å²) in [7, 11) is 0. The third-order valence-electron chi connectivity index (χ3n) is 4.44. The standard InChI is InChI=1S/C23H15ClN2O3/c24-18-10-12-19(13-11-18)26-21(16-4-2-1-3-5-16)25-20(22(26)27)14-15-6-8-17(9-7-15)23(28)29/h1-14H,(H,28,29)/b20-14+. The molecule has 6 heteroatoms. The Morgan fingerprint density at radius 1 is 0.931 bits per heavy atom. The topological polar surface area (TPSA) is 70.0 Å². The van der Waals surface area contributed by atoms with E-state index in [1.807, 2.05) is 30.3 Å². The largest absolute Gasteiger partial charge is 0.478 e. The van der Waals surface area contributed by atoms with E-state index >= 15 is 0 Å². The molecule has 0 saturated carbocycles. The highest BCUT2D eigenvalue weighted by Crippen LogP contribution is 2.28. The third-order valence-corrected chi connectivity index (χ3v) is 4.69. The van der Waals surface area contributed by atoms with Crippen LogP contribution in [0.3, 0.4) is 0 Å². The number of anilines is 1. The molecule has 1 heterocycles. The molecule has 3 aromatic rings. The molecule has 0 saturated heterocycles. The highest BCUT2D eigenvalue weighted by atomic mass is 35.5. The number of amidine groups is 1. The first-order valence-corrected chi connectivity index (χ1v) is 9.20. The fourth-order valence-corrected chi connectivity index (χ4v) is 3.13. The molecule has 0 atom stereocenters. The lowest BCUT2D eigenvalue weighted by molar-refractivity contribution is -0.113. The molecular formula is C23H15ClN2O3. The summed E-state index contributed by atoms with van der Waals surface area (Å²) in [6, 6.07) is 22.7. The first-order chi connectivity index (χ1) is 14.0. The first-order valence-electron chi connectivity index (χ1n) is 8.82. The monoisotopic (exact) mass is 402 g/mol. The van der Waals surface area contributed by atoms with Gasteiger partial charge in [0.1, 0.15) is 11.5 Å². The summed E-state index contributed by atoms with van der Waals surface area (Å²) in [5, 5.41) is 9.61. The van der Waals surface area contributed by atoms with Crippen LogP contribution in [0.1, 0.15) is 21.5 Å². The number of halogens is 1. The Morgan fingerprint density at radius 3 is 2.21 bits per heavy atom. The number of rotatable bonds is 4. The van der Waals surface area contributed by atoms with Gasteiger partial charge in [-0.05, 0) is 48.0 Å². The molecule has 1 N–H and O–H groups in total. The van der Waals surface area contributed by atoms with Gasteiger partial charge < -0.3 is 5.11 Å². The number of benzene rings is 3. The van der Waals surface area contributed by atoms with E-state index in [9.17, 15) is 9.59 Å². The fraction of sp³-hybridized carbons (Fsp3) is 0. The zero-order chi connectivity index (χ0) is 20.4. The van der Waals surface area contributed by atoms with Crippen LogP contribution < -0.4 is 4.90 Å². The zero-order valence-electron chi connectivity index (χ0n) is 15.1. The number of carbonyl (C=O) groups is 2. The molecule has 0 fully saturated rings. The molecule has 0 unspecified atom stereocenters. The van der Waals surface area contributed by atoms with E-state index in [0.29, 0.717) is 22.1 Å². The van der Waals surface area contributed by atoms with E-state index in [1.54, 1.807) is 47.4 Å². The lowest BCUT2D eigenvalue weighted by atomic mass is 10.1. The second-order valence-corrected chi connectivity index (χ2v) is 6.81. The Kier molecular flexibility index (Phi) is 4.97. The van der Waals surface area contributed by atoms with Crippen molar-refractivity contribution in [1.82, 2.24) is 0 Å². The maximum absolute atomic E-state index is 13.2. The number of hydrogen-bond acceptors (Lipinski definition) is 3. The van der Waals surface area contributed by atoms with Gasteiger partial charge in [-0.15, -0.1) is 0 Å². The minimum absolute atomic E-state index is 0.182. The van der Waals surface area contributed by atoms with Crippen LogP contribution in [0.5, 0.6) is 0 Å². The Morgan fingerprint density at radius 2 is 1.59 bits per heavy atom. The van der Waals surface area contributed by atoms with Gasteiger partial charge in [0.15, 0.2) is 0 Å². The molecular weight excluding hydrogens is 388 g/mol. The predicted octanol–water partition coefficient (Wildman–Crippen LogP) is 4.87. The van der Waals surface area contributed by atoms with Crippen LogP contribution in [0, 0.1) is 0 Å². The smallest absolute Gasteiger partial charge is 0.335 e. The van der Waals surface area contributed by atoms with Crippen molar-refractivity contribution in [2.45, 2.75) is 0 Å². The minimum atomic E-state index is -1.00. The summed E-state index contributed by atoms with van der Waals surface area (Å²) >= 11 is 5.99. The molecule has 0 aromatic heterocycles. The lowest BCUT2D eigenvalue weighted by Gasteiger charge is -2.18. The van der Waals surface area contributed by atoms with E-state index in [0.717, 1.165) is 5.56 Å². The van der Waals surface area contributed by atoms with Gasteiger partial charge in [0, 0.05) is 10.6 Å². The lowest BCUT2D eigenvalue weighted by Crippen LogP contribution is -2.32. The van der Waals surface area contributed by atoms with Crippen molar-refractivity contribution in [3.63, 3.8) is 0 Å². The zero-order valence-corrected chi connectivity index (χ0v) is 15.9. The van der Waals surface area contributed by atoms with Crippen molar-refractivity contribution >= 4 is 41.1 Å². The molecule has 0 bridgehead atoms. The van der Waals surface area contributed by atoms with Crippen molar-refractivity contribution in [3.05, 3.63) is 106 Å². The van der Waals surface area contributed by atoms with Gasteiger partial charge in [-0.25, -0.2) is 9.79 Å². The van der Waals surface area contributed by atoms with E-state index in [-0.39, 0.29) is 17.2 Å². The van der Waals surface area contributed by atoms with Crippen LogP contribution in [0.2, 0.25) is 5.02 Å². The van der Waals surface area contributed by atoms with Crippen LogP contribution in [-0.4, -0.2) is 22.8 Å². The summed E-state index contributed by atoms with van der Waals surface area (Å²) < 4.78 is 0. The molecule has 0 radical (unpaired) electrons. The molecule has 5 nitrogen and oxygen atoms in total. The van der Waals surface area contributed by atoms with E-state index in [2.05, 4.69) is 4.99 Å². The van der Waals surface area contributed by atoms with Crippen molar-refractivity contribution in [2.24, 2.45) is 4.99 Å². The Balaban J connectivity index is 1.77. The van der Waals surface area contributed by atoms with Gasteiger partial charge in [0.2, 0.25) is 0 Å². The predicted molar refractivity (Wildman–Crippen MR) is 113 cm³/mol. The van der Waals surface area contributed by atoms with Crippen molar-refractivity contribution in [2.75, 3.05) is 4.90 Å². The van der Waals surface area contributed by atoms with E-state index < -0.39 is 5.97 Å². The molecule has 0 spiro atoms. The number of carboxylic acids is 1. The summed E-state index contributed by atoms with van der Waals surface area (Å²) in [6.07, 6.45) is 1.65. The molecule has 142 valence electrons. The van der Waals surface area contributed by atoms with Crippen LogP contribution in [0.4, 0.5) is 5.69 Å². The van der Waals surface area contributed by atoms with Crippen LogP contribution in [0.15, 0.2) is 89.6 Å². The average molecular weight is 403 g/mol. The number of carboxylic acid groups (broad SMARTS) is 1.